The molecule has 3 atom stereocenters. The van der Waals surface area contributed by atoms with Crippen LogP contribution in [0, 0.1) is 11.8 Å². The number of nitrogens with zero attached hydrogens (tertiary/aromatic N) is 1. The molecule has 0 saturated heterocycles. The Morgan fingerprint density at radius 3 is 2.82 bits per heavy atom. The van der Waals surface area contributed by atoms with Gasteiger partial charge in [-0.1, -0.05) is 0 Å². The van der Waals surface area contributed by atoms with Crippen molar-refractivity contribution >= 4 is 5.96 Å². The van der Waals surface area contributed by atoms with E-state index in [0.29, 0.717) is 24.5 Å². The highest BCUT2D eigenvalue weighted by Gasteiger charge is 2.49. The third kappa shape index (κ3) is 2.92. The Morgan fingerprint density at radius 2 is 2.29 bits per heavy atom. The van der Waals surface area contributed by atoms with Gasteiger partial charge in [-0.05, 0) is 57.8 Å². The minimum absolute atomic E-state index is 0.310. The molecule has 3 unspecified atom stereocenters. The fourth-order valence-electron chi connectivity index (χ4n) is 3.43. The molecule has 0 heterocycles. The zero-order valence-corrected chi connectivity index (χ0v) is 10.9. The summed E-state index contributed by atoms with van der Waals surface area (Å²) in [5.74, 6) is 1.77. The second kappa shape index (κ2) is 4.84. The van der Waals surface area contributed by atoms with Crippen molar-refractivity contribution < 1.29 is 5.11 Å². The van der Waals surface area contributed by atoms with Crippen molar-refractivity contribution in [2.24, 2.45) is 22.6 Å². The average molecular weight is 239 g/mol. The van der Waals surface area contributed by atoms with Gasteiger partial charge in [0.2, 0.25) is 0 Å². The standard InChI is InChI=1S/C13H25N3O/c1-9(2)16-12(14)15-6-5-13(17)8-10-3-4-11(13)7-10/h9-11,17H,3-8H2,1-2H3,(H3,14,15,16). The first-order valence-electron chi connectivity index (χ1n) is 6.78. The molecule has 2 bridgehead atoms. The molecule has 0 amide bonds. The van der Waals surface area contributed by atoms with Crippen LogP contribution in [-0.4, -0.2) is 29.3 Å². The molecule has 17 heavy (non-hydrogen) atoms. The minimum Gasteiger partial charge on any atom is -0.390 e. The first-order valence-corrected chi connectivity index (χ1v) is 6.78. The number of aliphatic hydroxyl groups is 1. The molecular weight excluding hydrogens is 214 g/mol. The highest BCUT2D eigenvalue weighted by Crippen LogP contribution is 2.52. The van der Waals surface area contributed by atoms with Gasteiger partial charge in [0.15, 0.2) is 5.96 Å². The van der Waals surface area contributed by atoms with Crippen molar-refractivity contribution in [3.8, 4) is 0 Å². The van der Waals surface area contributed by atoms with Gasteiger partial charge in [-0.15, -0.1) is 0 Å². The molecule has 0 aromatic rings. The second-order valence-corrected chi connectivity index (χ2v) is 6.00. The van der Waals surface area contributed by atoms with Crippen LogP contribution < -0.4 is 11.1 Å². The van der Waals surface area contributed by atoms with E-state index in [-0.39, 0.29) is 0 Å². The third-order valence-electron chi connectivity index (χ3n) is 4.21. The summed E-state index contributed by atoms with van der Waals surface area (Å²) in [4.78, 5) is 4.28. The molecule has 0 aromatic carbocycles. The number of hydrogen-bond acceptors (Lipinski definition) is 2. The summed E-state index contributed by atoms with van der Waals surface area (Å²) < 4.78 is 0. The minimum atomic E-state index is -0.454. The van der Waals surface area contributed by atoms with Gasteiger partial charge in [0.25, 0.3) is 0 Å². The Bertz CT molecular complexity index is 303. The maximum atomic E-state index is 10.5. The summed E-state index contributed by atoms with van der Waals surface area (Å²) in [5.41, 5.74) is 5.28. The van der Waals surface area contributed by atoms with E-state index in [0.717, 1.165) is 18.8 Å². The van der Waals surface area contributed by atoms with Gasteiger partial charge in [-0.25, -0.2) is 0 Å². The van der Waals surface area contributed by atoms with Crippen LogP contribution in [0.3, 0.4) is 0 Å². The molecule has 0 spiro atoms. The van der Waals surface area contributed by atoms with Gasteiger partial charge in [0, 0.05) is 12.6 Å². The smallest absolute Gasteiger partial charge is 0.188 e. The molecule has 4 nitrogen and oxygen atoms in total. The summed E-state index contributed by atoms with van der Waals surface area (Å²) >= 11 is 0. The zero-order valence-electron chi connectivity index (χ0n) is 10.9. The topological polar surface area (TPSA) is 70.6 Å². The Hall–Kier alpha value is -0.770. The number of guanidine groups is 1. The van der Waals surface area contributed by atoms with Crippen LogP contribution >= 0.6 is 0 Å². The Balaban J connectivity index is 1.79. The van der Waals surface area contributed by atoms with Crippen LogP contribution in [-0.2, 0) is 0 Å². The highest BCUT2D eigenvalue weighted by molar-refractivity contribution is 5.78. The molecule has 2 aliphatic carbocycles. The SMILES string of the molecule is CC(C)NC(N)=NCCC1(O)CC2CCC1C2. The van der Waals surface area contributed by atoms with Crippen LogP contribution in [0.25, 0.3) is 0 Å². The Morgan fingerprint density at radius 1 is 1.53 bits per heavy atom. The molecule has 2 aliphatic rings. The van der Waals surface area contributed by atoms with Gasteiger partial charge in [0.1, 0.15) is 0 Å². The second-order valence-electron chi connectivity index (χ2n) is 6.00. The van der Waals surface area contributed by atoms with E-state index in [4.69, 9.17) is 5.73 Å². The monoisotopic (exact) mass is 239 g/mol. The molecule has 2 rings (SSSR count). The number of hydrogen-bond donors (Lipinski definition) is 3. The van der Waals surface area contributed by atoms with E-state index < -0.39 is 5.60 Å². The lowest BCUT2D eigenvalue weighted by atomic mass is 9.82. The zero-order chi connectivity index (χ0) is 12.5. The van der Waals surface area contributed by atoms with Gasteiger partial charge in [0.05, 0.1) is 5.60 Å². The number of nitrogens with one attached hydrogen (secondary N) is 1. The Kier molecular flexibility index (Phi) is 3.61. The lowest BCUT2D eigenvalue weighted by molar-refractivity contribution is -0.0181. The first kappa shape index (κ1) is 12.7. The van der Waals surface area contributed by atoms with E-state index in [2.05, 4.69) is 10.3 Å². The number of fused-ring (bicyclic) bond motifs is 2. The van der Waals surface area contributed by atoms with E-state index in [1.807, 2.05) is 13.8 Å². The predicted molar refractivity (Wildman–Crippen MR) is 69.8 cm³/mol. The molecular formula is C13H25N3O. The molecule has 0 aliphatic heterocycles. The summed E-state index contributed by atoms with van der Waals surface area (Å²) in [6, 6.07) is 0.310. The van der Waals surface area contributed by atoms with Crippen molar-refractivity contribution in [2.45, 2.75) is 57.6 Å². The first-order chi connectivity index (χ1) is 7.99. The van der Waals surface area contributed by atoms with Gasteiger partial charge in [-0.2, -0.15) is 0 Å². The summed E-state index contributed by atoms with van der Waals surface area (Å²) in [7, 11) is 0. The van der Waals surface area contributed by atoms with Crippen LogP contribution in [0.4, 0.5) is 0 Å². The molecule has 2 fully saturated rings. The highest BCUT2D eigenvalue weighted by atomic mass is 16.3. The van der Waals surface area contributed by atoms with Crippen LogP contribution in [0.1, 0.15) is 46.0 Å². The number of aliphatic imine (C=N–C) groups is 1. The summed E-state index contributed by atoms with van der Waals surface area (Å²) in [6.45, 7) is 4.70. The quantitative estimate of drug-likeness (QED) is 0.510. The van der Waals surface area contributed by atoms with Crippen molar-refractivity contribution in [3.63, 3.8) is 0 Å². The van der Waals surface area contributed by atoms with Crippen molar-refractivity contribution in [3.05, 3.63) is 0 Å². The Labute approximate surface area is 104 Å². The third-order valence-corrected chi connectivity index (χ3v) is 4.21. The van der Waals surface area contributed by atoms with E-state index in [1.165, 1.54) is 19.3 Å². The normalized spacial score (nSPS) is 36.8. The molecule has 0 radical (unpaired) electrons. The average Bonchev–Trinajstić information content (AvgIpc) is 2.75. The van der Waals surface area contributed by atoms with Crippen LogP contribution in [0.5, 0.6) is 0 Å². The number of nitrogens with two attached hydrogens (primary N) is 1. The molecule has 2 saturated carbocycles. The van der Waals surface area contributed by atoms with E-state index in [1.54, 1.807) is 0 Å². The largest absolute Gasteiger partial charge is 0.390 e. The predicted octanol–water partition coefficient (Wildman–Crippen LogP) is 1.24. The summed E-state index contributed by atoms with van der Waals surface area (Å²) in [6.07, 6.45) is 5.47. The molecule has 4 heteroatoms. The van der Waals surface area contributed by atoms with Crippen molar-refractivity contribution in [1.29, 1.82) is 0 Å². The number of rotatable bonds is 4. The van der Waals surface area contributed by atoms with Gasteiger partial charge in [-0.3, -0.25) is 4.99 Å². The van der Waals surface area contributed by atoms with Crippen molar-refractivity contribution in [2.75, 3.05) is 6.54 Å². The molecule has 4 N–H and O–H groups in total. The summed E-state index contributed by atoms with van der Waals surface area (Å²) in [5, 5.41) is 13.6. The van der Waals surface area contributed by atoms with Crippen LogP contribution in [0.2, 0.25) is 0 Å². The molecule has 98 valence electrons. The van der Waals surface area contributed by atoms with E-state index >= 15 is 0 Å². The fourth-order valence-corrected chi connectivity index (χ4v) is 3.43. The van der Waals surface area contributed by atoms with Crippen molar-refractivity contribution in [1.82, 2.24) is 5.32 Å². The fraction of sp³-hybridized carbons (Fsp3) is 0.923. The maximum Gasteiger partial charge on any atom is 0.188 e. The maximum absolute atomic E-state index is 10.5. The lowest BCUT2D eigenvalue weighted by Crippen LogP contribution is -2.38. The lowest BCUT2D eigenvalue weighted by Gasteiger charge is -2.31. The van der Waals surface area contributed by atoms with Gasteiger partial charge < -0.3 is 16.2 Å². The van der Waals surface area contributed by atoms with E-state index in [9.17, 15) is 5.11 Å². The molecule has 0 aromatic heterocycles. The van der Waals surface area contributed by atoms with Crippen LogP contribution in [0.15, 0.2) is 4.99 Å². The van der Waals surface area contributed by atoms with Gasteiger partial charge >= 0.3 is 0 Å².